The van der Waals surface area contributed by atoms with Crippen LogP contribution in [0.1, 0.15) is 36.0 Å². The molecule has 4 aromatic rings. The van der Waals surface area contributed by atoms with Gasteiger partial charge in [-0.05, 0) is 45.0 Å². The summed E-state index contributed by atoms with van der Waals surface area (Å²) >= 11 is 0.870. The van der Waals surface area contributed by atoms with E-state index in [2.05, 4.69) is 9.72 Å². The lowest BCUT2D eigenvalue weighted by Crippen LogP contribution is -2.36. The van der Waals surface area contributed by atoms with E-state index in [1.165, 1.54) is 23.4 Å². The topological polar surface area (TPSA) is 129 Å². The highest BCUT2D eigenvalue weighted by molar-refractivity contribution is 7.13. The Balaban J connectivity index is 1.58. The minimum Gasteiger partial charge on any atom is -0.491 e. The van der Waals surface area contributed by atoms with Gasteiger partial charge < -0.3 is 28.8 Å². The van der Waals surface area contributed by atoms with Crippen molar-refractivity contribution in [3.63, 3.8) is 0 Å². The molecule has 2 aromatic heterocycles. The summed E-state index contributed by atoms with van der Waals surface area (Å²) in [7, 11) is 2.61. The molecule has 0 bridgehead atoms. The first-order valence-electron chi connectivity index (χ1n) is 13.0. The van der Waals surface area contributed by atoms with E-state index in [0.717, 1.165) is 42.7 Å². The van der Waals surface area contributed by atoms with E-state index in [4.69, 9.17) is 14.2 Å². The van der Waals surface area contributed by atoms with Crippen molar-refractivity contribution in [3.05, 3.63) is 84.4 Å². The number of likely N-dealkylation sites (N-methyl/N-ethyl adjacent to an activating group) is 1. The number of methoxy groups -OCH3 is 1. The van der Waals surface area contributed by atoms with Crippen molar-refractivity contribution < 1.29 is 41.7 Å². The Morgan fingerprint density at radius 1 is 1.05 bits per heavy atom. The van der Waals surface area contributed by atoms with Crippen LogP contribution in [0.3, 0.4) is 0 Å². The first-order chi connectivity index (χ1) is 20.7. The highest BCUT2D eigenvalue weighted by Crippen LogP contribution is 2.28. The molecule has 0 spiro atoms. The second kappa shape index (κ2) is 12.8. The molecule has 0 radical (unpaired) electrons. The maximum atomic E-state index is 14.9. The third-order valence-electron chi connectivity index (χ3n) is 6.11. The van der Waals surface area contributed by atoms with Crippen LogP contribution in [0, 0.1) is 17.5 Å². The fourth-order valence-electron chi connectivity index (χ4n) is 3.98. The number of aromatic nitrogens is 2. The maximum Gasteiger partial charge on any atom is 0.410 e. The van der Waals surface area contributed by atoms with Crippen molar-refractivity contribution in [3.8, 4) is 17.2 Å². The van der Waals surface area contributed by atoms with Crippen LogP contribution in [0.5, 0.6) is 11.5 Å². The molecule has 0 unspecified atom stereocenters. The second-order valence-electron chi connectivity index (χ2n) is 10.4. The molecule has 44 heavy (non-hydrogen) atoms. The van der Waals surface area contributed by atoms with Crippen molar-refractivity contribution in [2.75, 3.05) is 27.3 Å². The molecule has 15 heteroatoms. The summed E-state index contributed by atoms with van der Waals surface area (Å²) in [5, 5.41) is 1.21. The summed E-state index contributed by atoms with van der Waals surface area (Å²) in [6, 6.07) is 5.16. The molecule has 1 amide bonds. The van der Waals surface area contributed by atoms with Crippen LogP contribution in [-0.4, -0.2) is 59.4 Å². The molecule has 0 saturated heterocycles. The van der Waals surface area contributed by atoms with E-state index in [-0.39, 0.29) is 46.0 Å². The summed E-state index contributed by atoms with van der Waals surface area (Å²) in [6.07, 6.45) is -0.598. The molecule has 0 aliphatic rings. The SMILES string of the molecule is COC(=O)c1scc2[nH]c(=O)n(-c3cc(OCc4c(OCCN(C)C(=O)OC(C)(C)C)ccc(F)c4F)ccc3F)c(=O)c12. The van der Waals surface area contributed by atoms with E-state index in [0.29, 0.717) is 4.57 Å². The standard InChI is InChI=1S/C29H28F3N3O8S/c1-29(2,3)43-28(39)34(4)10-11-41-21-9-8-18(31)23(32)16(21)13-42-15-6-7-17(30)20(12-15)35-25(36)22-19(33-27(35)38)14-44-24(22)26(37)40-5/h6-9,12,14H,10-11,13H2,1-5H3,(H,33,38). The highest BCUT2D eigenvalue weighted by atomic mass is 32.1. The number of ether oxygens (including phenoxy) is 4. The number of carbonyl (C=O) groups excluding carboxylic acids is 2. The predicted molar refractivity (Wildman–Crippen MR) is 154 cm³/mol. The number of halogens is 3. The number of H-pyrrole nitrogens is 1. The number of carbonyl (C=O) groups is 2. The Kier molecular flexibility index (Phi) is 9.37. The number of benzene rings is 2. The average Bonchev–Trinajstić information content (AvgIpc) is 3.38. The molecule has 0 fully saturated rings. The van der Waals surface area contributed by atoms with E-state index >= 15 is 0 Å². The molecule has 234 valence electrons. The molecule has 2 heterocycles. The van der Waals surface area contributed by atoms with Crippen molar-refractivity contribution in [1.82, 2.24) is 14.5 Å². The lowest BCUT2D eigenvalue weighted by atomic mass is 10.2. The highest BCUT2D eigenvalue weighted by Gasteiger charge is 2.23. The van der Waals surface area contributed by atoms with Gasteiger partial charge >= 0.3 is 17.8 Å². The lowest BCUT2D eigenvalue weighted by Gasteiger charge is -2.24. The van der Waals surface area contributed by atoms with Crippen LogP contribution in [0.25, 0.3) is 16.6 Å². The zero-order chi connectivity index (χ0) is 32.3. The van der Waals surface area contributed by atoms with Gasteiger partial charge in [0.2, 0.25) is 0 Å². The summed E-state index contributed by atoms with van der Waals surface area (Å²) < 4.78 is 65.5. The Bertz CT molecular complexity index is 1840. The largest absolute Gasteiger partial charge is 0.491 e. The van der Waals surface area contributed by atoms with Crippen molar-refractivity contribution in [2.24, 2.45) is 0 Å². The molecule has 0 saturated carbocycles. The Hall–Kier alpha value is -4.79. The predicted octanol–water partition coefficient (Wildman–Crippen LogP) is 4.77. The third kappa shape index (κ3) is 6.88. The number of nitrogens with one attached hydrogen (secondary N) is 1. The van der Waals surface area contributed by atoms with E-state index < -0.39 is 58.7 Å². The van der Waals surface area contributed by atoms with Gasteiger partial charge in [-0.1, -0.05) is 0 Å². The van der Waals surface area contributed by atoms with Gasteiger partial charge in [-0.2, -0.15) is 0 Å². The van der Waals surface area contributed by atoms with Crippen molar-refractivity contribution in [1.29, 1.82) is 0 Å². The first kappa shape index (κ1) is 32.1. The minimum atomic E-state index is -1.25. The van der Waals surface area contributed by atoms with Gasteiger partial charge in [0.15, 0.2) is 11.6 Å². The van der Waals surface area contributed by atoms with Crippen LogP contribution in [0.4, 0.5) is 18.0 Å². The number of thiophene rings is 1. The third-order valence-corrected chi connectivity index (χ3v) is 7.07. The smallest absolute Gasteiger partial charge is 0.410 e. The summed E-state index contributed by atoms with van der Waals surface area (Å²) in [6.45, 7) is 4.52. The fraction of sp³-hybridized carbons (Fsp3) is 0.310. The van der Waals surface area contributed by atoms with Gasteiger partial charge in [0.1, 0.15) is 41.0 Å². The van der Waals surface area contributed by atoms with Gasteiger partial charge in [-0.3, -0.25) is 4.79 Å². The summed E-state index contributed by atoms with van der Waals surface area (Å²) in [4.78, 5) is 54.0. The molecule has 4 rings (SSSR count). The lowest BCUT2D eigenvalue weighted by molar-refractivity contribution is 0.0277. The zero-order valence-electron chi connectivity index (χ0n) is 24.3. The van der Waals surface area contributed by atoms with Gasteiger partial charge in [-0.15, -0.1) is 11.3 Å². The van der Waals surface area contributed by atoms with Crippen LogP contribution in [0.2, 0.25) is 0 Å². The van der Waals surface area contributed by atoms with Gasteiger partial charge in [0.05, 0.1) is 35.8 Å². The van der Waals surface area contributed by atoms with Gasteiger partial charge in [-0.25, -0.2) is 32.1 Å². The van der Waals surface area contributed by atoms with Crippen LogP contribution in [-0.2, 0) is 16.1 Å². The Labute approximate surface area is 252 Å². The zero-order valence-corrected chi connectivity index (χ0v) is 25.1. The number of hydrogen-bond donors (Lipinski definition) is 1. The Morgan fingerprint density at radius 3 is 2.43 bits per heavy atom. The molecule has 1 N–H and O–H groups in total. The van der Waals surface area contributed by atoms with E-state index in [9.17, 15) is 32.3 Å². The number of aromatic amines is 1. The molecule has 0 aliphatic carbocycles. The monoisotopic (exact) mass is 635 g/mol. The van der Waals surface area contributed by atoms with Gasteiger partial charge in [0.25, 0.3) is 5.56 Å². The molecular weight excluding hydrogens is 607 g/mol. The summed E-state index contributed by atoms with van der Waals surface area (Å²) in [5.74, 6) is -4.40. The van der Waals surface area contributed by atoms with Crippen LogP contribution < -0.4 is 20.7 Å². The van der Waals surface area contributed by atoms with Crippen LogP contribution in [0.15, 0.2) is 45.3 Å². The normalized spacial score (nSPS) is 11.4. The quantitative estimate of drug-likeness (QED) is 0.261. The first-order valence-corrected chi connectivity index (χ1v) is 13.9. The average molecular weight is 636 g/mol. The molecule has 0 aliphatic heterocycles. The molecule has 2 aromatic carbocycles. The van der Waals surface area contributed by atoms with Gasteiger partial charge in [0, 0.05) is 18.5 Å². The number of amides is 1. The molecule has 0 atom stereocenters. The second-order valence-corrected chi connectivity index (χ2v) is 11.3. The minimum absolute atomic E-state index is 0.0605. The number of hydrogen-bond acceptors (Lipinski definition) is 9. The number of fused-ring (bicyclic) bond motifs is 1. The van der Waals surface area contributed by atoms with Crippen molar-refractivity contribution in [2.45, 2.75) is 33.0 Å². The Morgan fingerprint density at radius 2 is 1.75 bits per heavy atom. The number of nitrogens with zero attached hydrogens (tertiary/aromatic N) is 2. The molecule has 11 nitrogen and oxygen atoms in total. The number of rotatable bonds is 9. The maximum absolute atomic E-state index is 14.9. The van der Waals surface area contributed by atoms with E-state index in [1.807, 2.05) is 0 Å². The summed E-state index contributed by atoms with van der Waals surface area (Å²) in [5.41, 5.74) is -3.44. The molecular formula is C29H28F3N3O8S. The van der Waals surface area contributed by atoms with Crippen LogP contribution >= 0.6 is 11.3 Å². The van der Waals surface area contributed by atoms with Crippen molar-refractivity contribution >= 4 is 34.3 Å². The fourth-order valence-corrected chi connectivity index (χ4v) is 4.88. The number of esters is 1. The van der Waals surface area contributed by atoms with E-state index in [1.54, 1.807) is 20.8 Å².